The fourth-order valence-electron chi connectivity index (χ4n) is 0.715. The summed E-state index contributed by atoms with van der Waals surface area (Å²) in [5, 5.41) is 24.2. The van der Waals surface area contributed by atoms with E-state index in [2.05, 4.69) is 15.2 Å². The molecule has 0 N–H and O–H groups in total. The van der Waals surface area contributed by atoms with Gasteiger partial charge in [0, 0.05) is 17.4 Å². The molecule has 1 rings (SSSR count). The minimum atomic E-state index is -0.527. The summed E-state index contributed by atoms with van der Waals surface area (Å²) < 4.78 is 0. The first kappa shape index (κ1) is 9.60. The zero-order valence-electron chi connectivity index (χ0n) is 6.82. The minimum absolute atomic E-state index is 0.0467. The van der Waals surface area contributed by atoms with Gasteiger partial charge < -0.3 is 4.84 Å². The molecule has 0 aromatic heterocycles. The van der Waals surface area contributed by atoms with Gasteiger partial charge in [-0.15, -0.1) is 0 Å². The van der Waals surface area contributed by atoms with E-state index in [4.69, 9.17) is 5.26 Å². The zero-order valence-corrected chi connectivity index (χ0v) is 6.82. The number of non-ortho nitro benzene ring substituents is 1. The molecule has 0 heterocycles. The lowest BCUT2D eigenvalue weighted by Crippen LogP contribution is -1.87. The molecule has 0 spiro atoms. The molecule has 1 aromatic carbocycles. The van der Waals surface area contributed by atoms with Crippen LogP contribution in [0.3, 0.4) is 0 Å². The lowest BCUT2D eigenvalue weighted by molar-refractivity contribution is -0.384. The molecule has 0 saturated heterocycles. The maximum atomic E-state index is 10.3. The van der Waals surface area contributed by atoms with Crippen LogP contribution in [0.5, 0.6) is 5.75 Å². The van der Waals surface area contributed by atoms with Crippen molar-refractivity contribution < 1.29 is 9.76 Å². The fraction of sp³-hybridized carbons (Fsp3) is 0. The van der Waals surface area contributed by atoms with E-state index in [-0.39, 0.29) is 11.4 Å². The molecular weight excluding hydrogens is 188 g/mol. The lowest BCUT2D eigenvalue weighted by atomic mass is 10.3. The molecule has 0 atom stereocenters. The first-order chi connectivity index (χ1) is 6.74. The average molecular weight is 192 g/mol. The van der Waals surface area contributed by atoms with E-state index < -0.39 is 4.92 Å². The standard InChI is InChI=1S/C7H4N4O3/c8-5-9-10-14-7-3-1-6(2-4-7)11(12)13/h1-4H. The molecule has 0 amide bonds. The van der Waals surface area contributed by atoms with Crippen LogP contribution in [0.15, 0.2) is 34.7 Å². The number of nitriles is 1. The summed E-state index contributed by atoms with van der Waals surface area (Å²) in [6.07, 6.45) is 1.39. The minimum Gasteiger partial charge on any atom is -0.339 e. The quantitative estimate of drug-likeness (QED) is 0.315. The Morgan fingerprint density at radius 2 is 2.07 bits per heavy atom. The molecule has 0 radical (unpaired) electrons. The van der Waals surface area contributed by atoms with Gasteiger partial charge >= 0.3 is 0 Å². The summed E-state index contributed by atoms with van der Waals surface area (Å²) in [6, 6.07) is 5.23. The third-order valence-electron chi connectivity index (χ3n) is 1.28. The smallest absolute Gasteiger partial charge is 0.269 e. The highest BCUT2D eigenvalue weighted by Gasteiger charge is 2.03. The topological polar surface area (TPSA) is 101 Å². The molecule has 7 nitrogen and oxygen atoms in total. The van der Waals surface area contributed by atoms with Crippen molar-refractivity contribution in [2.24, 2.45) is 10.4 Å². The Morgan fingerprint density at radius 1 is 1.43 bits per heavy atom. The third kappa shape index (κ3) is 2.53. The van der Waals surface area contributed by atoms with Gasteiger partial charge in [0.05, 0.1) is 4.92 Å². The van der Waals surface area contributed by atoms with Crippen LogP contribution < -0.4 is 4.84 Å². The zero-order chi connectivity index (χ0) is 10.4. The van der Waals surface area contributed by atoms with E-state index in [1.807, 2.05) is 0 Å². The van der Waals surface area contributed by atoms with E-state index in [9.17, 15) is 10.1 Å². The maximum absolute atomic E-state index is 10.3. The van der Waals surface area contributed by atoms with Crippen molar-refractivity contribution in [1.29, 1.82) is 5.26 Å². The van der Waals surface area contributed by atoms with Crippen molar-refractivity contribution in [2.45, 2.75) is 0 Å². The summed E-state index contributed by atoms with van der Waals surface area (Å²) in [4.78, 5) is 14.3. The van der Waals surface area contributed by atoms with Gasteiger partial charge in [0.15, 0.2) is 5.75 Å². The Hall–Kier alpha value is -2.49. The van der Waals surface area contributed by atoms with Crippen molar-refractivity contribution in [1.82, 2.24) is 0 Å². The van der Waals surface area contributed by atoms with Gasteiger partial charge in [0.25, 0.3) is 5.69 Å². The number of nitrogens with zero attached hydrogens (tertiary/aromatic N) is 4. The van der Waals surface area contributed by atoms with Gasteiger partial charge in [-0.3, -0.25) is 10.1 Å². The molecule has 7 heteroatoms. The van der Waals surface area contributed by atoms with E-state index in [0.717, 1.165) is 0 Å². The summed E-state index contributed by atoms with van der Waals surface area (Å²) in [6.45, 7) is 0. The Morgan fingerprint density at radius 3 is 2.57 bits per heavy atom. The highest BCUT2D eigenvalue weighted by molar-refractivity contribution is 5.35. The predicted molar refractivity (Wildman–Crippen MR) is 44.2 cm³/mol. The second-order valence-electron chi connectivity index (χ2n) is 2.12. The molecule has 0 fully saturated rings. The van der Waals surface area contributed by atoms with Crippen LogP contribution in [0.2, 0.25) is 0 Å². The third-order valence-corrected chi connectivity index (χ3v) is 1.28. The van der Waals surface area contributed by atoms with Gasteiger partial charge in [-0.2, -0.15) is 5.26 Å². The van der Waals surface area contributed by atoms with Crippen LogP contribution in [0.25, 0.3) is 0 Å². The van der Waals surface area contributed by atoms with Crippen molar-refractivity contribution in [3.8, 4) is 11.9 Å². The van der Waals surface area contributed by atoms with Crippen molar-refractivity contribution in [3.63, 3.8) is 0 Å². The van der Waals surface area contributed by atoms with Crippen LogP contribution in [-0.4, -0.2) is 4.92 Å². The Kier molecular flexibility index (Phi) is 3.09. The number of hydrogen-bond donors (Lipinski definition) is 0. The van der Waals surface area contributed by atoms with E-state index in [1.54, 1.807) is 0 Å². The Bertz CT molecular complexity index is 392. The molecule has 70 valence electrons. The van der Waals surface area contributed by atoms with Gasteiger partial charge in [-0.05, 0) is 17.2 Å². The monoisotopic (exact) mass is 192 g/mol. The predicted octanol–water partition coefficient (Wildman–Crippen LogP) is 1.82. The number of benzene rings is 1. The molecule has 0 aliphatic rings. The molecular formula is C7H4N4O3. The Balaban J connectivity index is 2.70. The average Bonchev–Trinajstić information content (AvgIpc) is 2.19. The highest BCUT2D eigenvalue weighted by atomic mass is 16.6. The van der Waals surface area contributed by atoms with Crippen LogP contribution in [0.4, 0.5) is 5.69 Å². The fourth-order valence-corrected chi connectivity index (χ4v) is 0.715. The molecule has 0 aliphatic heterocycles. The van der Waals surface area contributed by atoms with Gasteiger partial charge in [0.2, 0.25) is 6.19 Å². The second-order valence-corrected chi connectivity index (χ2v) is 2.12. The molecule has 1 aromatic rings. The summed E-state index contributed by atoms with van der Waals surface area (Å²) in [5.74, 6) is 0.273. The highest BCUT2D eigenvalue weighted by Crippen LogP contribution is 2.17. The number of hydrogen-bond acceptors (Lipinski definition) is 6. The Labute approximate surface area is 78.4 Å². The molecule has 0 saturated carbocycles. The normalized spacial score (nSPS) is 9.64. The van der Waals surface area contributed by atoms with Gasteiger partial charge in [-0.1, -0.05) is 0 Å². The number of nitro benzene ring substituents is 1. The molecule has 0 unspecified atom stereocenters. The number of nitro groups is 1. The van der Waals surface area contributed by atoms with E-state index in [0.29, 0.717) is 0 Å². The van der Waals surface area contributed by atoms with Crippen molar-refractivity contribution in [3.05, 3.63) is 34.4 Å². The van der Waals surface area contributed by atoms with Crippen molar-refractivity contribution >= 4 is 5.69 Å². The first-order valence-electron chi connectivity index (χ1n) is 3.44. The van der Waals surface area contributed by atoms with Gasteiger partial charge in [-0.25, -0.2) is 0 Å². The van der Waals surface area contributed by atoms with E-state index >= 15 is 0 Å². The van der Waals surface area contributed by atoms with Crippen LogP contribution in [-0.2, 0) is 0 Å². The molecule has 0 aliphatic carbocycles. The molecule has 0 bridgehead atoms. The summed E-state index contributed by atoms with van der Waals surface area (Å²) >= 11 is 0. The summed E-state index contributed by atoms with van der Waals surface area (Å²) in [7, 11) is 0. The van der Waals surface area contributed by atoms with Gasteiger partial charge in [0.1, 0.15) is 0 Å². The maximum Gasteiger partial charge on any atom is 0.269 e. The molecule has 14 heavy (non-hydrogen) atoms. The van der Waals surface area contributed by atoms with E-state index in [1.165, 1.54) is 30.5 Å². The largest absolute Gasteiger partial charge is 0.339 e. The van der Waals surface area contributed by atoms with Crippen LogP contribution in [0.1, 0.15) is 0 Å². The van der Waals surface area contributed by atoms with Crippen molar-refractivity contribution in [2.75, 3.05) is 0 Å². The lowest BCUT2D eigenvalue weighted by Gasteiger charge is -1.94. The van der Waals surface area contributed by atoms with Crippen LogP contribution in [0, 0.1) is 21.6 Å². The second kappa shape index (κ2) is 4.51. The first-order valence-corrected chi connectivity index (χ1v) is 3.44. The summed E-state index contributed by atoms with van der Waals surface area (Å²) in [5.41, 5.74) is -0.0467. The SMILES string of the molecule is N#CN=NOc1ccc([N+](=O)[O-])cc1. The van der Waals surface area contributed by atoms with Crippen LogP contribution >= 0.6 is 0 Å². The number of rotatable bonds is 3.